The second kappa shape index (κ2) is 4.09. The molecule has 0 fully saturated rings. The maximum Gasteiger partial charge on any atom is 0.226 e. The van der Waals surface area contributed by atoms with Crippen LogP contribution in [0.3, 0.4) is 0 Å². The average Bonchev–Trinajstić information content (AvgIpc) is 1.87. The van der Waals surface area contributed by atoms with Crippen molar-refractivity contribution >= 4 is 5.91 Å². The summed E-state index contributed by atoms with van der Waals surface area (Å²) >= 11 is 0. The third-order valence-corrected chi connectivity index (χ3v) is 1.28. The van der Waals surface area contributed by atoms with Gasteiger partial charge >= 0.3 is 0 Å². The Morgan fingerprint density at radius 2 is 2.00 bits per heavy atom. The van der Waals surface area contributed by atoms with E-state index in [0.717, 1.165) is 5.70 Å². The lowest BCUT2D eigenvalue weighted by atomic mass is 10.2. The second-order valence-corrected chi connectivity index (χ2v) is 2.62. The van der Waals surface area contributed by atoms with Gasteiger partial charge < -0.3 is 5.32 Å². The smallest absolute Gasteiger partial charge is 0.226 e. The predicted molar refractivity (Wildman–Crippen MR) is 42.4 cm³/mol. The summed E-state index contributed by atoms with van der Waals surface area (Å²) in [7, 11) is 0. The minimum Gasteiger partial charge on any atom is -0.330 e. The first-order chi connectivity index (χ1) is 4.57. The van der Waals surface area contributed by atoms with Crippen LogP contribution in [0.5, 0.6) is 0 Å². The first-order valence-electron chi connectivity index (χ1n) is 3.51. The highest BCUT2D eigenvalue weighted by Crippen LogP contribution is 1.93. The molecule has 0 aliphatic heterocycles. The van der Waals surface area contributed by atoms with Gasteiger partial charge in [-0.3, -0.25) is 4.79 Å². The Kier molecular flexibility index (Phi) is 3.77. The van der Waals surface area contributed by atoms with E-state index in [1.54, 1.807) is 0 Å². The van der Waals surface area contributed by atoms with Crippen LogP contribution in [0.4, 0.5) is 0 Å². The molecule has 10 heavy (non-hydrogen) atoms. The number of rotatable bonds is 2. The quantitative estimate of drug-likeness (QED) is 0.623. The lowest BCUT2D eigenvalue weighted by molar-refractivity contribution is -0.123. The Morgan fingerprint density at radius 3 is 2.30 bits per heavy atom. The van der Waals surface area contributed by atoms with Gasteiger partial charge in [0.05, 0.1) is 0 Å². The zero-order chi connectivity index (χ0) is 8.15. The molecule has 0 aliphatic carbocycles. The third-order valence-electron chi connectivity index (χ3n) is 1.28. The lowest BCUT2D eigenvalue weighted by Gasteiger charge is -2.06. The molecule has 2 heteroatoms. The summed E-state index contributed by atoms with van der Waals surface area (Å²) in [4.78, 5) is 11.0. The van der Waals surface area contributed by atoms with Gasteiger partial charge in [0.15, 0.2) is 0 Å². The van der Waals surface area contributed by atoms with E-state index in [0.29, 0.717) is 0 Å². The largest absolute Gasteiger partial charge is 0.330 e. The van der Waals surface area contributed by atoms with Gasteiger partial charge in [-0.05, 0) is 13.8 Å². The number of hydrogen-bond acceptors (Lipinski definition) is 1. The molecule has 0 rings (SSSR count). The highest BCUT2D eigenvalue weighted by molar-refractivity contribution is 5.79. The highest BCUT2D eigenvalue weighted by atomic mass is 16.1. The summed E-state index contributed by atoms with van der Waals surface area (Å²) in [6.07, 6.45) is 1.88. The fourth-order valence-corrected chi connectivity index (χ4v) is 0.411. The average molecular weight is 141 g/mol. The zero-order valence-electron chi connectivity index (χ0n) is 7.06. The molecule has 1 N–H and O–H groups in total. The molecule has 0 spiro atoms. The fourth-order valence-electron chi connectivity index (χ4n) is 0.411. The molecule has 0 aliphatic rings. The Hall–Kier alpha value is -0.790. The van der Waals surface area contributed by atoms with Gasteiger partial charge in [0, 0.05) is 11.6 Å². The van der Waals surface area contributed by atoms with Crippen LogP contribution in [-0.4, -0.2) is 5.91 Å². The number of nitrogens with one attached hydrogen (secondary N) is 1. The van der Waals surface area contributed by atoms with Crippen molar-refractivity contribution in [2.75, 3.05) is 0 Å². The van der Waals surface area contributed by atoms with Gasteiger partial charge in [0.1, 0.15) is 0 Å². The minimum absolute atomic E-state index is 0.0647. The van der Waals surface area contributed by atoms with E-state index < -0.39 is 0 Å². The van der Waals surface area contributed by atoms with Crippen molar-refractivity contribution in [3.05, 3.63) is 11.8 Å². The Bertz CT molecular complexity index is 147. The van der Waals surface area contributed by atoms with Crippen LogP contribution in [0.2, 0.25) is 0 Å². The molecule has 0 aromatic rings. The molecular weight excluding hydrogens is 126 g/mol. The fraction of sp³-hybridized carbons (Fsp3) is 0.625. The van der Waals surface area contributed by atoms with Crippen LogP contribution in [0, 0.1) is 5.92 Å². The first kappa shape index (κ1) is 9.21. The number of hydrogen-bond donors (Lipinski definition) is 1. The van der Waals surface area contributed by atoms with Crippen molar-refractivity contribution in [2.24, 2.45) is 5.92 Å². The van der Waals surface area contributed by atoms with E-state index in [9.17, 15) is 4.79 Å². The van der Waals surface area contributed by atoms with Gasteiger partial charge in [-0.2, -0.15) is 0 Å². The number of allylic oxidation sites excluding steroid dienone is 2. The predicted octanol–water partition coefficient (Wildman–Crippen LogP) is 1.68. The van der Waals surface area contributed by atoms with Crippen LogP contribution in [0.1, 0.15) is 27.7 Å². The Labute approximate surface area is 62.3 Å². The van der Waals surface area contributed by atoms with Gasteiger partial charge in [-0.25, -0.2) is 0 Å². The maximum atomic E-state index is 11.0. The molecule has 58 valence electrons. The molecule has 0 saturated heterocycles. The van der Waals surface area contributed by atoms with Crippen LogP contribution >= 0.6 is 0 Å². The summed E-state index contributed by atoms with van der Waals surface area (Å²) in [5.41, 5.74) is 0.915. The highest BCUT2D eigenvalue weighted by Gasteiger charge is 2.04. The maximum absolute atomic E-state index is 11.0. The molecule has 0 aromatic carbocycles. The molecule has 0 bridgehead atoms. The van der Waals surface area contributed by atoms with Crippen LogP contribution in [0.15, 0.2) is 11.8 Å². The SMILES string of the molecule is C/C=C(/C)NC(=O)C(C)C. The molecule has 0 aromatic heterocycles. The van der Waals surface area contributed by atoms with Crippen molar-refractivity contribution in [1.29, 1.82) is 0 Å². The summed E-state index contributed by atoms with van der Waals surface area (Å²) in [6, 6.07) is 0. The van der Waals surface area contributed by atoms with Crippen molar-refractivity contribution < 1.29 is 4.79 Å². The molecule has 2 nitrogen and oxygen atoms in total. The molecule has 0 saturated carbocycles. The van der Waals surface area contributed by atoms with Crippen molar-refractivity contribution in [3.63, 3.8) is 0 Å². The Morgan fingerprint density at radius 1 is 1.50 bits per heavy atom. The topological polar surface area (TPSA) is 29.1 Å². The monoisotopic (exact) mass is 141 g/mol. The van der Waals surface area contributed by atoms with Gasteiger partial charge in [-0.1, -0.05) is 19.9 Å². The number of amides is 1. The summed E-state index contributed by atoms with van der Waals surface area (Å²) < 4.78 is 0. The van der Waals surface area contributed by atoms with Gasteiger partial charge in [-0.15, -0.1) is 0 Å². The molecule has 0 atom stereocenters. The van der Waals surface area contributed by atoms with E-state index >= 15 is 0 Å². The van der Waals surface area contributed by atoms with Crippen molar-refractivity contribution in [1.82, 2.24) is 5.32 Å². The lowest BCUT2D eigenvalue weighted by Crippen LogP contribution is -2.25. The van der Waals surface area contributed by atoms with Crippen molar-refractivity contribution in [2.45, 2.75) is 27.7 Å². The second-order valence-electron chi connectivity index (χ2n) is 2.62. The van der Waals surface area contributed by atoms with Gasteiger partial charge in [0.25, 0.3) is 0 Å². The third kappa shape index (κ3) is 3.28. The minimum atomic E-state index is 0.0647. The summed E-state index contributed by atoms with van der Waals surface area (Å²) in [5.74, 6) is 0.144. The number of carbonyl (C=O) groups excluding carboxylic acids is 1. The van der Waals surface area contributed by atoms with Gasteiger partial charge in [0.2, 0.25) is 5.91 Å². The zero-order valence-corrected chi connectivity index (χ0v) is 7.06. The molecule has 1 amide bonds. The van der Waals surface area contributed by atoms with Crippen molar-refractivity contribution in [3.8, 4) is 0 Å². The summed E-state index contributed by atoms with van der Waals surface area (Å²) in [6.45, 7) is 7.52. The van der Waals surface area contributed by atoms with Crippen LogP contribution < -0.4 is 5.32 Å². The Balaban J connectivity index is 3.81. The normalized spacial score (nSPS) is 11.9. The van der Waals surface area contributed by atoms with E-state index in [2.05, 4.69) is 5.32 Å². The number of carbonyl (C=O) groups is 1. The summed E-state index contributed by atoms with van der Waals surface area (Å²) in [5, 5.41) is 2.75. The van der Waals surface area contributed by atoms with E-state index in [1.807, 2.05) is 33.8 Å². The van der Waals surface area contributed by atoms with Crippen LogP contribution in [0.25, 0.3) is 0 Å². The van der Waals surface area contributed by atoms with E-state index in [-0.39, 0.29) is 11.8 Å². The molecule has 0 radical (unpaired) electrons. The van der Waals surface area contributed by atoms with E-state index in [4.69, 9.17) is 0 Å². The van der Waals surface area contributed by atoms with Crippen LogP contribution in [-0.2, 0) is 4.79 Å². The van der Waals surface area contributed by atoms with E-state index in [1.165, 1.54) is 0 Å². The molecular formula is C8H15NO. The first-order valence-corrected chi connectivity index (χ1v) is 3.51. The standard InChI is InChI=1S/C8H15NO/c1-5-7(4)9-8(10)6(2)3/h5-6H,1-4H3,(H,9,10)/b7-5-. The molecule has 0 unspecified atom stereocenters. The molecule has 0 heterocycles.